The highest BCUT2D eigenvalue weighted by Gasteiger charge is 2.27. The van der Waals surface area contributed by atoms with E-state index in [0.29, 0.717) is 29.5 Å². The highest BCUT2D eigenvalue weighted by Crippen LogP contribution is 2.34. The quantitative estimate of drug-likeness (QED) is 0.0912. The molecule has 2 aromatic heterocycles. The summed E-state index contributed by atoms with van der Waals surface area (Å²) in [5, 5.41) is 22.8. The van der Waals surface area contributed by atoms with Crippen LogP contribution in [-0.4, -0.2) is 56.6 Å². The van der Waals surface area contributed by atoms with Gasteiger partial charge in [-0.15, -0.1) is 0 Å². The fraction of sp³-hybridized carbons (Fsp3) is 0.320. The van der Waals surface area contributed by atoms with Crippen molar-refractivity contribution in [2.45, 2.75) is 39.5 Å². The summed E-state index contributed by atoms with van der Waals surface area (Å²) in [6.07, 6.45) is 0.105. The van der Waals surface area contributed by atoms with Crippen molar-refractivity contribution in [1.82, 2.24) is 20.3 Å². The highest BCUT2D eigenvalue weighted by molar-refractivity contribution is 6.36. The zero-order valence-electron chi connectivity index (χ0n) is 22.6. The number of nitrogens with one attached hydrogen (secondary N) is 4. The Bertz CT molecular complexity index is 1450. The molecule has 0 spiro atoms. The summed E-state index contributed by atoms with van der Waals surface area (Å²) < 4.78 is 5.73. The Kier molecular flexibility index (Phi) is 10.2. The topological polar surface area (TPSA) is 199 Å². The number of benzene rings is 1. The Balaban J connectivity index is 1.80. The monoisotopic (exact) mass is 605 g/mol. The van der Waals surface area contributed by atoms with Gasteiger partial charge in [-0.05, 0) is 45.0 Å². The van der Waals surface area contributed by atoms with Gasteiger partial charge in [-0.25, -0.2) is 15.0 Å². The number of ether oxygens (including phenoxy) is 1. The lowest BCUT2D eigenvalue weighted by atomic mass is 10.1. The van der Waals surface area contributed by atoms with E-state index >= 15 is 0 Å². The summed E-state index contributed by atoms with van der Waals surface area (Å²) in [5.41, 5.74) is 5.57. The van der Waals surface area contributed by atoms with Gasteiger partial charge in [0.1, 0.15) is 11.5 Å². The number of carbonyl (C=O) groups excluding carboxylic acids is 2. The van der Waals surface area contributed by atoms with E-state index in [9.17, 15) is 19.7 Å². The smallest absolute Gasteiger partial charge is 0.311 e. The van der Waals surface area contributed by atoms with Crippen LogP contribution in [-0.2, 0) is 14.3 Å². The van der Waals surface area contributed by atoms with Gasteiger partial charge in [0.2, 0.25) is 23.9 Å². The molecule has 2 heterocycles. The summed E-state index contributed by atoms with van der Waals surface area (Å²) >= 11 is 12.5. The second-order valence-electron chi connectivity index (χ2n) is 9.59. The zero-order chi connectivity index (χ0) is 30.3. The van der Waals surface area contributed by atoms with Crippen LogP contribution in [0.15, 0.2) is 36.5 Å². The van der Waals surface area contributed by atoms with Crippen molar-refractivity contribution >= 4 is 64.0 Å². The van der Waals surface area contributed by atoms with E-state index in [0.717, 1.165) is 0 Å². The summed E-state index contributed by atoms with van der Waals surface area (Å²) in [6.45, 7) is 7.18. The highest BCUT2D eigenvalue weighted by atomic mass is 35.5. The van der Waals surface area contributed by atoms with E-state index < -0.39 is 28.6 Å². The third-order valence-corrected chi connectivity index (χ3v) is 5.64. The first-order valence-corrected chi connectivity index (χ1v) is 13.0. The molecule has 0 fully saturated rings. The number of pyridine rings is 1. The van der Waals surface area contributed by atoms with Gasteiger partial charge < -0.3 is 31.7 Å². The van der Waals surface area contributed by atoms with Crippen LogP contribution in [0.1, 0.15) is 27.7 Å². The lowest BCUT2D eigenvalue weighted by Gasteiger charge is -2.27. The van der Waals surface area contributed by atoms with Crippen LogP contribution in [0.2, 0.25) is 10.0 Å². The molecule has 0 aliphatic carbocycles. The summed E-state index contributed by atoms with van der Waals surface area (Å²) in [6, 6.07) is 7.52. The molecular weight excluding hydrogens is 577 g/mol. The fourth-order valence-electron chi connectivity index (χ4n) is 3.42. The largest absolute Gasteiger partial charge is 0.378 e. The van der Waals surface area contributed by atoms with Crippen LogP contribution in [0.25, 0.3) is 11.3 Å². The molecule has 2 amide bonds. The number of nitrogens with two attached hydrogens (primary N) is 1. The van der Waals surface area contributed by atoms with Gasteiger partial charge in [-0.2, -0.15) is 0 Å². The van der Waals surface area contributed by atoms with Crippen LogP contribution in [0.4, 0.5) is 29.0 Å². The molecule has 0 bridgehead atoms. The van der Waals surface area contributed by atoms with Crippen molar-refractivity contribution in [2.24, 2.45) is 0 Å². The Hall–Kier alpha value is -4.27. The van der Waals surface area contributed by atoms with Crippen LogP contribution < -0.4 is 27.0 Å². The van der Waals surface area contributed by atoms with Crippen molar-refractivity contribution in [3.63, 3.8) is 0 Å². The number of carbonyl (C=O) groups is 2. The maximum Gasteiger partial charge on any atom is 0.311 e. The number of nitrogen functional groups attached to an aromatic ring is 1. The van der Waals surface area contributed by atoms with Gasteiger partial charge in [0.25, 0.3) is 5.91 Å². The number of halogens is 2. The molecule has 41 heavy (non-hydrogen) atoms. The second-order valence-corrected chi connectivity index (χ2v) is 10.4. The van der Waals surface area contributed by atoms with Crippen molar-refractivity contribution in [2.75, 3.05) is 34.8 Å². The van der Waals surface area contributed by atoms with Gasteiger partial charge in [0, 0.05) is 36.7 Å². The molecule has 218 valence electrons. The number of hydrogen-bond donors (Lipinski definition) is 5. The van der Waals surface area contributed by atoms with E-state index in [1.807, 2.05) is 0 Å². The summed E-state index contributed by atoms with van der Waals surface area (Å²) in [4.78, 5) is 47.9. The lowest BCUT2D eigenvalue weighted by molar-refractivity contribution is -0.384. The van der Waals surface area contributed by atoms with E-state index in [1.54, 1.807) is 32.9 Å². The SMILES string of the molecule is CC(=O)NC(OC(C)(C)C)C(=O)Nc1cnc(NCCNc2ccc([N+](=O)[O-])c(N)n2)nc1-c1ccc(Cl)cc1Cl. The molecule has 14 nitrogen and oxygen atoms in total. The minimum absolute atomic E-state index is 0.202. The first-order chi connectivity index (χ1) is 19.2. The van der Waals surface area contributed by atoms with E-state index in [1.165, 1.54) is 31.3 Å². The number of amides is 2. The summed E-state index contributed by atoms with van der Waals surface area (Å²) in [7, 11) is 0. The van der Waals surface area contributed by atoms with Crippen molar-refractivity contribution in [3.8, 4) is 11.3 Å². The zero-order valence-corrected chi connectivity index (χ0v) is 24.1. The van der Waals surface area contributed by atoms with Crippen LogP contribution in [0.3, 0.4) is 0 Å². The minimum atomic E-state index is -1.29. The summed E-state index contributed by atoms with van der Waals surface area (Å²) in [5.74, 6) is -0.733. The molecule has 0 saturated carbocycles. The van der Waals surface area contributed by atoms with E-state index in [-0.39, 0.29) is 33.9 Å². The van der Waals surface area contributed by atoms with Crippen LogP contribution >= 0.6 is 23.2 Å². The van der Waals surface area contributed by atoms with Crippen molar-refractivity contribution in [1.29, 1.82) is 0 Å². The number of nitro groups is 1. The molecule has 0 aliphatic heterocycles. The maximum atomic E-state index is 13.1. The molecule has 0 radical (unpaired) electrons. The molecule has 1 aromatic carbocycles. The third-order valence-electron chi connectivity index (χ3n) is 5.09. The molecule has 1 atom stereocenters. The Morgan fingerprint density at radius 1 is 1.12 bits per heavy atom. The van der Waals surface area contributed by atoms with Crippen molar-refractivity contribution < 1.29 is 19.2 Å². The molecule has 6 N–H and O–H groups in total. The van der Waals surface area contributed by atoms with Gasteiger partial charge >= 0.3 is 5.69 Å². The fourth-order valence-corrected chi connectivity index (χ4v) is 3.91. The molecule has 16 heteroatoms. The third kappa shape index (κ3) is 9.13. The average molecular weight is 606 g/mol. The first kappa shape index (κ1) is 31.3. The molecule has 3 aromatic rings. The predicted molar refractivity (Wildman–Crippen MR) is 157 cm³/mol. The number of aromatic nitrogens is 3. The van der Waals surface area contributed by atoms with Gasteiger partial charge in [-0.1, -0.05) is 23.2 Å². The molecule has 0 saturated heterocycles. The number of nitrogens with zero attached hydrogens (tertiary/aromatic N) is 4. The Morgan fingerprint density at radius 3 is 2.44 bits per heavy atom. The van der Waals surface area contributed by atoms with Crippen LogP contribution in [0, 0.1) is 10.1 Å². The average Bonchev–Trinajstić information content (AvgIpc) is 2.86. The Labute approximate surface area is 245 Å². The van der Waals surface area contributed by atoms with Gasteiger partial charge in [-0.3, -0.25) is 19.7 Å². The van der Waals surface area contributed by atoms with Crippen LogP contribution in [0.5, 0.6) is 0 Å². The van der Waals surface area contributed by atoms with E-state index in [2.05, 4.69) is 36.2 Å². The van der Waals surface area contributed by atoms with Gasteiger partial charge in [0.15, 0.2) is 0 Å². The molecule has 3 rings (SSSR count). The molecular formula is C25H29Cl2N9O5. The normalized spacial score (nSPS) is 11.9. The minimum Gasteiger partial charge on any atom is -0.378 e. The molecule has 1 unspecified atom stereocenters. The maximum absolute atomic E-state index is 13.1. The number of rotatable bonds is 11. The standard InChI is InChI=1S/C25H29Cl2N9O5/c1-13(37)32-23(41-25(2,3)4)22(38)33-17-12-31-24(35-20(17)15-6-5-14(26)11-16(15)27)30-10-9-29-19-8-7-18(36(39)40)21(28)34-19/h5-8,11-12,23H,9-10H2,1-4H3,(H,32,37)(H,33,38)(H3,28,29,34)(H,30,31,35). The first-order valence-electron chi connectivity index (χ1n) is 12.2. The second kappa shape index (κ2) is 13.4. The number of anilines is 4. The van der Waals surface area contributed by atoms with Crippen molar-refractivity contribution in [3.05, 3.63) is 56.7 Å². The van der Waals surface area contributed by atoms with Gasteiger partial charge in [0.05, 0.1) is 27.4 Å². The molecule has 0 aliphatic rings. The van der Waals surface area contributed by atoms with E-state index in [4.69, 9.17) is 33.7 Å². The predicted octanol–water partition coefficient (Wildman–Crippen LogP) is 4.08. The lowest BCUT2D eigenvalue weighted by Crippen LogP contribution is -2.48. The Morgan fingerprint density at radius 2 is 1.83 bits per heavy atom. The number of hydrogen-bond acceptors (Lipinski definition) is 11.